The molecule has 26 heavy (non-hydrogen) atoms. The standard InChI is InChI=1S/C22H30N2O2/c1-25-21-8-7-18(15-22(21)26-2)11-14-24(16-19-5-3-4-6-19)17-20-9-12-23-13-10-20/h7-10,12-13,15,19H,3-6,11,14,16-17H2,1-2H3. The summed E-state index contributed by atoms with van der Waals surface area (Å²) >= 11 is 0. The zero-order valence-corrected chi connectivity index (χ0v) is 16.0. The molecular formula is C22H30N2O2. The van der Waals surface area contributed by atoms with E-state index in [1.165, 1.54) is 43.4 Å². The van der Waals surface area contributed by atoms with Crippen LogP contribution in [-0.2, 0) is 13.0 Å². The van der Waals surface area contributed by atoms with Crippen LogP contribution in [-0.4, -0.2) is 37.2 Å². The highest BCUT2D eigenvalue weighted by Crippen LogP contribution is 2.28. The minimum atomic E-state index is 0.788. The van der Waals surface area contributed by atoms with E-state index >= 15 is 0 Å². The Morgan fingerprint density at radius 2 is 1.69 bits per heavy atom. The van der Waals surface area contributed by atoms with Crippen LogP contribution in [0, 0.1) is 5.92 Å². The van der Waals surface area contributed by atoms with Crippen LogP contribution in [0.5, 0.6) is 11.5 Å². The quantitative estimate of drug-likeness (QED) is 0.671. The highest BCUT2D eigenvalue weighted by Gasteiger charge is 2.19. The van der Waals surface area contributed by atoms with Crippen LogP contribution < -0.4 is 9.47 Å². The second-order valence-electron chi connectivity index (χ2n) is 7.18. The summed E-state index contributed by atoms with van der Waals surface area (Å²) in [6, 6.07) is 10.5. The lowest BCUT2D eigenvalue weighted by Gasteiger charge is -2.26. The van der Waals surface area contributed by atoms with Gasteiger partial charge in [0.2, 0.25) is 0 Å². The van der Waals surface area contributed by atoms with Crippen LogP contribution in [0.3, 0.4) is 0 Å². The van der Waals surface area contributed by atoms with Crippen molar-refractivity contribution in [3.05, 3.63) is 53.9 Å². The molecule has 0 aliphatic heterocycles. The maximum Gasteiger partial charge on any atom is 0.160 e. The van der Waals surface area contributed by atoms with Gasteiger partial charge in [0.25, 0.3) is 0 Å². The van der Waals surface area contributed by atoms with Crippen molar-refractivity contribution in [1.82, 2.24) is 9.88 Å². The van der Waals surface area contributed by atoms with Crippen LogP contribution in [0.4, 0.5) is 0 Å². The SMILES string of the molecule is COc1ccc(CCN(Cc2ccncc2)CC2CCCC2)cc1OC. The molecule has 0 N–H and O–H groups in total. The van der Waals surface area contributed by atoms with Gasteiger partial charge in [-0.3, -0.25) is 9.88 Å². The van der Waals surface area contributed by atoms with Crippen molar-refractivity contribution in [2.24, 2.45) is 5.92 Å². The van der Waals surface area contributed by atoms with E-state index in [1.54, 1.807) is 14.2 Å². The summed E-state index contributed by atoms with van der Waals surface area (Å²) in [5.41, 5.74) is 2.62. The van der Waals surface area contributed by atoms with Crippen LogP contribution in [0.25, 0.3) is 0 Å². The Morgan fingerprint density at radius 1 is 0.962 bits per heavy atom. The zero-order chi connectivity index (χ0) is 18.2. The summed E-state index contributed by atoms with van der Waals surface area (Å²) in [6.07, 6.45) is 10.3. The lowest BCUT2D eigenvalue weighted by Crippen LogP contribution is -2.30. The molecule has 0 radical (unpaired) electrons. The molecule has 1 saturated carbocycles. The third-order valence-electron chi connectivity index (χ3n) is 5.31. The monoisotopic (exact) mass is 354 g/mol. The van der Waals surface area contributed by atoms with E-state index in [4.69, 9.17) is 9.47 Å². The largest absolute Gasteiger partial charge is 0.493 e. The molecule has 4 nitrogen and oxygen atoms in total. The highest BCUT2D eigenvalue weighted by molar-refractivity contribution is 5.42. The number of pyridine rings is 1. The van der Waals surface area contributed by atoms with Crippen molar-refractivity contribution < 1.29 is 9.47 Å². The molecule has 0 saturated heterocycles. The summed E-state index contributed by atoms with van der Waals surface area (Å²) in [6.45, 7) is 3.23. The molecule has 1 fully saturated rings. The smallest absolute Gasteiger partial charge is 0.160 e. The second kappa shape index (κ2) is 9.58. The van der Waals surface area contributed by atoms with E-state index < -0.39 is 0 Å². The number of hydrogen-bond acceptors (Lipinski definition) is 4. The van der Waals surface area contributed by atoms with E-state index in [1.807, 2.05) is 18.5 Å². The Hall–Kier alpha value is -2.07. The average Bonchev–Trinajstić information content (AvgIpc) is 3.19. The minimum absolute atomic E-state index is 0.788. The number of hydrogen-bond donors (Lipinski definition) is 0. The van der Waals surface area contributed by atoms with Gasteiger partial charge in [-0.25, -0.2) is 0 Å². The highest BCUT2D eigenvalue weighted by atomic mass is 16.5. The molecule has 0 atom stereocenters. The Labute approximate surface area is 157 Å². The summed E-state index contributed by atoms with van der Waals surface area (Å²) in [4.78, 5) is 6.74. The van der Waals surface area contributed by atoms with Crippen molar-refractivity contribution in [3.8, 4) is 11.5 Å². The molecule has 0 bridgehead atoms. The van der Waals surface area contributed by atoms with Crippen LogP contribution in [0.15, 0.2) is 42.7 Å². The van der Waals surface area contributed by atoms with E-state index in [0.717, 1.165) is 36.9 Å². The van der Waals surface area contributed by atoms with Crippen LogP contribution in [0.1, 0.15) is 36.8 Å². The van der Waals surface area contributed by atoms with Gasteiger partial charge >= 0.3 is 0 Å². The van der Waals surface area contributed by atoms with Crippen molar-refractivity contribution in [3.63, 3.8) is 0 Å². The first-order valence-electron chi connectivity index (χ1n) is 9.60. The Morgan fingerprint density at radius 3 is 2.38 bits per heavy atom. The molecule has 0 unspecified atom stereocenters. The van der Waals surface area contributed by atoms with Crippen molar-refractivity contribution >= 4 is 0 Å². The normalized spacial score (nSPS) is 14.7. The molecule has 1 aliphatic rings. The van der Waals surface area contributed by atoms with Gasteiger partial charge in [-0.05, 0) is 60.6 Å². The summed E-state index contributed by atoms with van der Waals surface area (Å²) < 4.78 is 10.8. The van der Waals surface area contributed by atoms with E-state index in [-0.39, 0.29) is 0 Å². The van der Waals surface area contributed by atoms with Gasteiger partial charge in [-0.2, -0.15) is 0 Å². The molecule has 0 amide bonds. The third kappa shape index (κ3) is 5.21. The van der Waals surface area contributed by atoms with Gasteiger partial charge in [0.1, 0.15) is 0 Å². The van der Waals surface area contributed by atoms with E-state index in [0.29, 0.717) is 0 Å². The fourth-order valence-corrected chi connectivity index (χ4v) is 3.86. The number of aromatic nitrogens is 1. The Bertz CT molecular complexity index is 669. The first-order chi connectivity index (χ1) is 12.8. The lowest BCUT2D eigenvalue weighted by molar-refractivity contribution is 0.226. The Kier molecular flexibility index (Phi) is 6.89. The summed E-state index contributed by atoms with van der Waals surface area (Å²) in [5, 5.41) is 0. The fraction of sp³-hybridized carbons (Fsp3) is 0.500. The van der Waals surface area contributed by atoms with Crippen molar-refractivity contribution in [2.75, 3.05) is 27.3 Å². The maximum absolute atomic E-state index is 5.44. The molecule has 1 heterocycles. The minimum Gasteiger partial charge on any atom is -0.493 e. The molecule has 140 valence electrons. The number of nitrogens with zero attached hydrogens (tertiary/aromatic N) is 2. The van der Waals surface area contributed by atoms with Gasteiger partial charge in [0.15, 0.2) is 11.5 Å². The third-order valence-corrected chi connectivity index (χ3v) is 5.31. The predicted molar refractivity (Wildman–Crippen MR) is 105 cm³/mol. The van der Waals surface area contributed by atoms with E-state index in [2.05, 4.69) is 34.1 Å². The van der Waals surface area contributed by atoms with Gasteiger partial charge < -0.3 is 9.47 Å². The van der Waals surface area contributed by atoms with E-state index in [9.17, 15) is 0 Å². The van der Waals surface area contributed by atoms with Gasteiger partial charge in [0.05, 0.1) is 14.2 Å². The number of ether oxygens (including phenoxy) is 2. The van der Waals surface area contributed by atoms with Crippen LogP contribution >= 0.6 is 0 Å². The molecular weight excluding hydrogens is 324 g/mol. The molecule has 1 aliphatic carbocycles. The number of methoxy groups -OCH3 is 2. The van der Waals surface area contributed by atoms with Crippen LogP contribution in [0.2, 0.25) is 0 Å². The molecule has 0 spiro atoms. The maximum atomic E-state index is 5.44. The summed E-state index contributed by atoms with van der Waals surface area (Å²) in [5.74, 6) is 2.44. The average molecular weight is 354 g/mol. The first-order valence-corrected chi connectivity index (χ1v) is 9.60. The number of benzene rings is 1. The first kappa shape index (κ1) is 18.7. The van der Waals surface area contributed by atoms with Gasteiger partial charge in [-0.15, -0.1) is 0 Å². The fourth-order valence-electron chi connectivity index (χ4n) is 3.86. The summed E-state index contributed by atoms with van der Waals surface area (Å²) in [7, 11) is 3.37. The molecule has 1 aromatic heterocycles. The lowest BCUT2D eigenvalue weighted by atomic mass is 10.1. The van der Waals surface area contributed by atoms with Crippen molar-refractivity contribution in [2.45, 2.75) is 38.6 Å². The molecule has 4 heteroatoms. The van der Waals surface area contributed by atoms with Gasteiger partial charge in [0, 0.05) is 32.0 Å². The predicted octanol–water partition coefficient (Wildman–Crippen LogP) is 4.33. The number of rotatable bonds is 9. The molecule has 2 aromatic rings. The van der Waals surface area contributed by atoms with Gasteiger partial charge in [-0.1, -0.05) is 18.9 Å². The van der Waals surface area contributed by atoms with Crippen molar-refractivity contribution in [1.29, 1.82) is 0 Å². The zero-order valence-electron chi connectivity index (χ0n) is 16.0. The Balaban J connectivity index is 1.64. The molecule has 3 rings (SSSR count). The molecule has 1 aromatic carbocycles. The topological polar surface area (TPSA) is 34.6 Å². The second-order valence-corrected chi connectivity index (χ2v) is 7.18.